The number of esters is 2. The number of hydrogen-bond acceptors (Lipinski definition) is 4. The Bertz CT molecular complexity index is 577. The van der Waals surface area contributed by atoms with Crippen LogP contribution in [0.2, 0.25) is 0 Å². The monoisotopic (exact) mass is 376 g/mol. The third-order valence-corrected chi connectivity index (χ3v) is 7.55. The van der Waals surface area contributed by atoms with Gasteiger partial charge in [0.2, 0.25) is 0 Å². The number of ether oxygens (including phenoxy) is 2. The van der Waals surface area contributed by atoms with Crippen LogP contribution in [0.1, 0.15) is 72.6 Å². The molecule has 4 nitrogen and oxygen atoms in total. The smallest absolute Gasteiger partial charge is 0.344 e. The first-order valence-corrected chi connectivity index (χ1v) is 10.7. The van der Waals surface area contributed by atoms with Gasteiger partial charge in [-0.25, -0.2) is 9.59 Å². The molecule has 3 unspecified atom stereocenters. The van der Waals surface area contributed by atoms with Gasteiger partial charge in [-0.2, -0.15) is 0 Å². The Morgan fingerprint density at radius 1 is 1.19 bits per heavy atom. The molecule has 4 heteroatoms. The Morgan fingerprint density at radius 2 is 1.81 bits per heavy atom. The molecule has 0 saturated heterocycles. The summed E-state index contributed by atoms with van der Waals surface area (Å²) in [7, 11) is 0. The minimum absolute atomic E-state index is 0.316. The Morgan fingerprint density at radius 3 is 2.30 bits per heavy atom. The summed E-state index contributed by atoms with van der Waals surface area (Å²) < 4.78 is 11.4. The largest absolute Gasteiger partial charge is 0.456 e. The average Bonchev–Trinajstić information content (AvgIpc) is 2.59. The summed E-state index contributed by atoms with van der Waals surface area (Å²) in [6, 6.07) is 0. The van der Waals surface area contributed by atoms with Crippen LogP contribution in [-0.4, -0.2) is 24.1 Å². The van der Waals surface area contributed by atoms with Gasteiger partial charge in [0.15, 0.2) is 6.61 Å². The van der Waals surface area contributed by atoms with E-state index in [1.807, 2.05) is 0 Å². The van der Waals surface area contributed by atoms with Crippen LogP contribution in [-0.2, 0) is 19.1 Å². The highest BCUT2D eigenvalue weighted by molar-refractivity contribution is 5.83. The van der Waals surface area contributed by atoms with Gasteiger partial charge in [-0.1, -0.05) is 40.7 Å². The molecule has 4 aliphatic carbocycles. The minimum atomic E-state index is -0.576. The van der Waals surface area contributed by atoms with Gasteiger partial charge in [-0.05, 0) is 55.8 Å². The molecule has 3 atom stereocenters. The molecule has 152 valence electrons. The molecule has 0 radical (unpaired) electrons. The van der Waals surface area contributed by atoms with E-state index >= 15 is 0 Å². The van der Waals surface area contributed by atoms with E-state index in [0.29, 0.717) is 29.1 Å². The van der Waals surface area contributed by atoms with Crippen molar-refractivity contribution in [3.8, 4) is 0 Å². The van der Waals surface area contributed by atoms with Crippen LogP contribution in [0.25, 0.3) is 0 Å². The highest BCUT2D eigenvalue weighted by Gasteiger charge is 2.65. The summed E-state index contributed by atoms with van der Waals surface area (Å²) >= 11 is 0. The summed E-state index contributed by atoms with van der Waals surface area (Å²) in [4.78, 5) is 24.1. The molecule has 0 spiro atoms. The van der Waals surface area contributed by atoms with E-state index in [1.165, 1.54) is 19.3 Å². The predicted octanol–water partition coefficient (Wildman–Crippen LogP) is 4.92. The summed E-state index contributed by atoms with van der Waals surface area (Å²) in [6.45, 7) is 12.2. The lowest BCUT2D eigenvalue weighted by Gasteiger charge is -2.66. The molecular formula is C23H36O4. The van der Waals surface area contributed by atoms with Crippen molar-refractivity contribution < 1.29 is 19.1 Å². The molecular weight excluding hydrogens is 340 g/mol. The predicted molar refractivity (Wildman–Crippen MR) is 105 cm³/mol. The van der Waals surface area contributed by atoms with E-state index in [1.54, 1.807) is 0 Å². The summed E-state index contributed by atoms with van der Waals surface area (Å²) in [6.07, 6.45) is 9.26. The van der Waals surface area contributed by atoms with Crippen LogP contribution in [0.3, 0.4) is 0 Å². The van der Waals surface area contributed by atoms with E-state index in [9.17, 15) is 9.59 Å². The first-order valence-electron chi connectivity index (χ1n) is 10.7. The molecule has 0 aromatic carbocycles. The van der Waals surface area contributed by atoms with E-state index in [4.69, 9.17) is 9.47 Å². The Hall–Kier alpha value is -1.32. The van der Waals surface area contributed by atoms with Crippen molar-refractivity contribution in [3.05, 3.63) is 12.7 Å². The first kappa shape index (κ1) is 20.4. The van der Waals surface area contributed by atoms with Crippen molar-refractivity contribution in [2.45, 2.75) is 78.2 Å². The molecule has 4 rings (SSSR count). The fourth-order valence-corrected chi connectivity index (χ4v) is 7.05. The average molecular weight is 377 g/mol. The van der Waals surface area contributed by atoms with Gasteiger partial charge in [0, 0.05) is 23.8 Å². The first-order chi connectivity index (χ1) is 12.7. The minimum Gasteiger partial charge on any atom is -0.456 e. The van der Waals surface area contributed by atoms with Crippen LogP contribution >= 0.6 is 0 Å². The third kappa shape index (κ3) is 3.69. The SMILES string of the molecule is C=CC(=O)OCC(=O)OC1(C(CCC)C(C)C)C2CC3CC1CC(C)(C3)C2. The lowest BCUT2D eigenvalue weighted by Crippen LogP contribution is -2.66. The van der Waals surface area contributed by atoms with Crippen molar-refractivity contribution >= 4 is 11.9 Å². The lowest BCUT2D eigenvalue weighted by molar-refractivity contribution is -0.250. The lowest BCUT2D eigenvalue weighted by atomic mass is 9.42. The van der Waals surface area contributed by atoms with E-state index in [0.717, 1.165) is 37.7 Å². The second kappa shape index (κ2) is 7.60. The van der Waals surface area contributed by atoms with Crippen molar-refractivity contribution in [2.24, 2.45) is 35.0 Å². The molecule has 27 heavy (non-hydrogen) atoms. The Balaban J connectivity index is 1.89. The van der Waals surface area contributed by atoms with Gasteiger partial charge in [-0.15, -0.1) is 0 Å². The van der Waals surface area contributed by atoms with Crippen LogP contribution in [0.15, 0.2) is 12.7 Å². The standard InChI is InChI=1S/C23H36O4/c1-6-8-19(15(3)4)23(27-21(25)14-26-20(24)7-2)17-9-16-10-18(23)13-22(5,11-16)12-17/h7,15-19H,2,6,8-14H2,1,3-5H3. The fraction of sp³-hybridized carbons (Fsp3) is 0.826. The quantitative estimate of drug-likeness (QED) is 0.446. The van der Waals surface area contributed by atoms with Gasteiger partial charge in [0.25, 0.3) is 0 Å². The molecule has 4 bridgehead atoms. The highest BCUT2D eigenvalue weighted by atomic mass is 16.6. The van der Waals surface area contributed by atoms with Crippen molar-refractivity contribution in [1.29, 1.82) is 0 Å². The molecule has 0 heterocycles. The zero-order chi connectivity index (χ0) is 19.8. The molecule has 4 fully saturated rings. The van der Waals surface area contributed by atoms with Gasteiger partial charge in [0.1, 0.15) is 5.60 Å². The van der Waals surface area contributed by atoms with Gasteiger partial charge in [0.05, 0.1) is 0 Å². The maximum atomic E-state index is 12.7. The maximum Gasteiger partial charge on any atom is 0.344 e. The zero-order valence-electron chi connectivity index (χ0n) is 17.5. The third-order valence-electron chi connectivity index (χ3n) is 7.55. The van der Waals surface area contributed by atoms with Gasteiger partial charge < -0.3 is 9.47 Å². The summed E-state index contributed by atoms with van der Waals surface area (Å²) in [5, 5.41) is 0. The van der Waals surface area contributed by atoms with E-state index in [-0.39, 0.29) is 6.61 Å². The maximum absolute atomic E-state index is 12.7. The van der Waals surface area contributed by atoms with Crippen molar-refractivity contribution in [2.75, 3.05) is 6.61 Å². The number of carbonyl (C=O) groups excluding carboxylic acids is 2. The normalized spacial score (nSPS) is 37.9. The number of carbonyl (C=O) groups is 2. The van der Waals surface area contributed by atoms with Crippen molar-refractivity contribution in [1.82, 2.24) is 0 Å². The van der Waals surface area contributed by atoms with Gasteiger partial charge >= 0.3 is 11.9 Å². The zero-order valence-corrected chi connectivity index (χ0v) is 17.5. The molecule has 0 aromatic rings. The van der Waals surface area contributed by atoms with Crippen LogP contribution in [0.5, 0.6) is 0 Å². The number of hydrogen-bond donors (Lipinski definition) is 0. The second-order valence-electron chi connectivity index (χ2n) is 9.93. The molecule has 4 saturated carbocycles. The molecule has 0 aromatic heterocycles. The van der Waals surface area contributed by atoms with Gasteiger partial charge in [-0.3, -0.25) is 0 Å². The molecule has 0 N–H and O–H groups in total. The Kier molecular flexibility index (Phi) is 5.74. The van der Waals surface area contributed by atoms with E-state index < -0.39 is 17.5 Å². The van der Waals surface area contributed by atoms with Crippen LogP contribution < -0.4 is 0 Å². The summed E-state index contributed by atoms with van der Waals surface area (Å²) in [5.41, 5.74) is 0.0216. The second-order valence-corrected chi connectivity index (χ2v) is 9.93. The number of rotatable bonds is 8. The van der Waals surface area contributed by atoms with Crippen molar-refractivity contribution in [3.63, 3.8) is 0 Å². The summed E-state index contributed by atoms with van der Waals surface area (Å²) in [5.74, 6) is 1.50. The van der Waals surface area contributed by atoms with Crippen LogP contribution in [0.4, 0.5) is 0 Å². The fourth-order valence-electron chi connectivity index (χ4n) is 7.05. The van der Waals surface area contributed by atoms with Crippen LogP contribution in [0, 0.1) is 35.0 Å². The topological polar surface area (TPSA) is 52.6 Å². The molecule has 4 aliphatic rings. The van der Waals surface area contributed by atoms with E-state index in [2.05, 4.69) is 34.3 Å². The molecule has 0 aliphatic heterocycles. The Labute approximate surface area is 164 Å². The molecule has 0 amide bonds. The highest BCUT2D eigenvalue weighted by Crippen LogP contribution is 2.67.